The molecule has 142 valence electrons. The van der Waals surface area contributed by atoms with Crippen molar-refractivity contribution < 1.29 is 4.79 Å². The molecule has 0 spiro atoms. The Balaban J connectivity index is 1.58. The molecule has 0 unspecified atom stereocenters. The zero-order valence-corrected chi connectivity index (χ0v) is 16.1. The van der Waals surface area contributed by atoms with Gasteiger partial charge in [0.25, 0.3) is 5.91 Å². The summed E-state index contributed by atoms with van der Waals surface area (Å²) in [5.41, 5.74) is 2.86. The molecule has 1 aromatic rings. The maximum atomic E-state index is 12.8. The highest BCUT2D eigenvalue weighted by molar-refractivity contribution is 5.92. The molecular formula is C20H31N5O. The molecular weight excluding hydrogens is 326 g/mol. The fourth-order valence-electron chi connectivity index (χ4n) is 3.65. The Morgan fingerprint density at radius 1 is 1.19 bits per heavy atom. The van der Waals surface area contributed by atoms with Crippen molar-refractivity contribution in [3.05, 3.63) is 29.1 Å². The Morgan fingerprint density at radius 2 is 2.00 bits per heavy atom. The predicted octanol–water partition coefficient (Wildman–Crippen LogP) is 2.87. The number of nitrogens with zero attached hydrogens (tertiary/aromatic N) is 4. The number of rotatable bonds is 6. The maximum absolute atomic E-state index is 12.8. The molecule has 2 aliphatic rings. The molecule has 1 aliphatic carbocycles. The van der Waals surface area contributed by atoms with E-state index in [1.807, 2.05) is 11.8 Å². The summed E-state index contributed by atoms with van der Waals surface area (Å²) < 4.78 is 0. The Kier molecular flexibility index (Phi) is 6.61. The number of amides is 1. The van der Waals surface area contributed by atoms with Crippen LogP contribution in [0.4, 0.5) is 5.95 Å². The second-order valence-corrected chi connectivity index (χ2v) is 7.23. The lowest BCUT2D eigenvalue weighted by Gasteiger charge is -2.33. The lowest BCUT2D eigenvalue weighted by atomic mass is 9.97. The first-order chi connectivity index (χ1) is 12.7. The second-order valence-electron chi connectivity index (χ2n) is 7.23. The number of carbonyl (C=O) groups is 1. The number of piperazine rings is 1. The molecule has 0 atom stereocenters. The summed E-state index contributed by atoms with van der Waals surface area (Å²) in [6.07, 6.45) is 8.43. The highest BCUT2D eigenvalue weighted by atomic mass is 16.2. The van der Waals surface area contributed by atoms with E-state index in [4.69, 9.17) is 0 Å². The second kappa shape index (κ2) is 9.12. The highest BCUT2D eigenvalue weighted by Gasteiger charge is 2.23. The smallest absolute Gasteiger partial charge is 0.272 e. The van der Waals surface area contributed by atoms with Crippen molar-refractivity contribution in [1.82, 2.24) is 19.8 Å². The fraction of sp³-hybridized carbons (Fsp3) is 0.650. The van der Waals surface area contributed by atoms with Crippen LogP contribution in [0.25, 0.3) is 0 Å². The van der Waals surface area contributed by atoms with Crippen molar-refractivity contribution in [2.45, 2.75) is 46.0 Å². The third kappa shape index (κ3) is 5.04. The number of nitrogens with one attached hydrogen (secondary N) is 1. The molecule has 26 heavy (non-hydrogen) atoms. The molecule has 2 heterocycles. The molecule has 1 fully saturated rings. The van der Waals surface area contributed by atoms with Crippen molar-refractivity contribution in [3.63, 3.8) is 0 Å². The summed E-state index contributed by atoms with van der Waals surface area (Å²) in [5.74, 6) is 0.584. The minimum absolute atomic E-state index is 0.0179. The van der Waals surface area contributed by atoms with Crippen LogP contribution in [0.15, 0.2) is 17.7 Å². The maximum Gasteiger partial charge on any atom is 0.272 e. The normalized spacial score (nSPS) is 18.5. The van der Waals surface area contributed by atoms with Crippen LogP contribution in [0, 0.1) is 6.92 Å². The van der Waals surface area contributed by atoms with E-state index in [2.05, 4.69) is 33.2 Å². The van der Waals surface area contributed by atoms with E-state index in [1.54, 1.807) is 6.07 Å². The van der Waals surface area contributed by atoms with Gasteiger partial charge in [-0.05, 0) is 51.6 Å². The average molecular weight is 358 g/mol. The van der Waals surface area contributed by atoms with Crippen LogP contribution in [0.1, 0.15) is 55.2 Å². The number of aryl methyl sites for hydroxylation is 1. The third-order valence-corrected chi connectivity index (χ3v) is 5.29. The number of allylic oxidation sites excluding steroid dienone is 1. The first kappa shape index (κ1) is 18.8. The summed E-state index contributed by atoms with van der Waals surface area (Å²) in [6.45, 7) is 9.35. The minimum Gasteiger partial charge on any atom is -0.354 e. The average Bonchev–Trinajstić information content (AvgIpc) is 2.68. The van der Waals surface area contributed by atoms with Gasteiger partial charge in [0.2, 0.25) is 5.95 Å². The van der Waals surface area contributed by atoms with Crippen LogP contribution in [0.2, 0.25) is 0 Å². The van der Waals surface area contributed by atoms with Gasteiger partial charge in [0.15, 0.2) is 0 Å². The zero-order valence-electron chi connectivity index (χ0n) is 16.1. The van der Waals surface area contributed by atoms with Gasteiger partial charge in [-0.1, -0.05) is 18.6 Å². The molecule has 1 saturated heterocycles. The van der Waals surface area contributed by atoms with E-state index >= 15 is 0 Å². The fourth-order valence-corrected chi connectivity index (χ4v) is 3.65. The van der Waals surface area contributed by atoms with Gasteiger partial charge in [-0.2, -0.15) is 0 Å². The molecule has 1 aromatic heterocycles. The Morgan fingerprint density at radius 3 is 2.69 bits per heavy atom. The largest absolute Gasteiger partial charge is 0.354 e. The van der Waals surface area contributed by atoms with Gasteiger partial charge in [-0.25, -0.2) is 9.97 Å². The zero-order chi connectivity index (χ0) is 18.4. The van der Waals surface area contributed by atoms with Crippen LogP contribution in [0.5, 0.6) is 0 Å². The lowest BCUT2D eigenvalue weighted by Crippen LogP contribution is -2.48. The molecule has 0 bridgehead atoms. The van der Waals surface area contributed by atoms with Gasteiger partial charge in [0.05, 0.1) is 0 Å². The van der Waals surface area contributed by atoms with Crippen molar-refractivity contribution in [3.8, 4) is 0 Å². The van der Waals surface area contributed by atoms with Gasteiger partial charge in [0.1, 0.15) is 5.69 Å². The molecule has 3 rings (SSSR count). The van der Waals surface area contributed by atoms with Crippen LogP contribution in [-0.4, -0.2) is 64.9 Å². The third-order valence-electron chi connectivity index (χ3n) is 5.29. The van der Waals surface area contributed by atoms with Crippen molar-refractivity contribution in [2.75, 3.05) is 44.6 Å². The monoisotopic (exact) mass is 357 g/mol. The van der Waals surface area contributed by atoms with Crippen LogP contribution in [-0.2, 0) is 0 Å². The van der Waals surface area contributed by atoms with Crippen LogP contribution < -0.4 is 5.32 Å². The topological polar surface area (TPSA) is 61.4 Å². The number of aromatic nitrogens is 2. The summed E-state index contributed by atoms with van der Waals surface area (Å²) in [7, 11) is 0. The molecule has 6 heteroatoms. The molecule has 1 aliphatic heterocycles. The number of hydrogen-bond donors (Lipinski definition) is 1. The molecule has 1 N–H and O–H groups in total. The lowest BCUT2D eigenvalue weighted by molar-refractivity contribution is 0.0637. The minimum atomic E-state index is 0.0179. The molecule has 0 aromatic carbocycles. The van der Waals surface area contributed by atoms with Crippen molar-refractivity contribution in [1.29, 1.82) is 0 Å². The van der Waals surface area contributed by atoms with Crippen LogP contribution >= 0.6 is 0 Å². The molecule has 0 radical (unpaired) electrons. The molecule has 1 amide bonds. The van der Waals surface area contributed by atoms with Crippen LogP contribution in [0.3, 0.4) is 0 Å². The first-order valence-corrected chi connectivity index (χ1v) is 9.95. The van der Waals surface area contributed by atoms with Gasteiger partial charge in [-0.3, -0.25) is 4.79 Å². The summed E-state index contributed by atoms with van der Waals surface area (Å²) >= 11 is 0. The van der Waals surface area contributed by atoms with Crippen molar-refractivity contribution >= 4 is 11.9 Å². The highest BCUT2D eigenvalue weighted by Crippen LogP contribution is 2.20. The number of likely N-dealkylation sites (N-methyl/N-ethyl adjacent to an activating group) is 1. The van der Waals surface area contributed by atoms with Gasteiger partial charge in [0, 0.05) is 38.4 Å². The van der Waals surface area contributed by atoms with E-state index in [-0.39, 0.29) is 5.91 Å². The van der Waals surface area contributed by atoms with E-state index in [0.717, 1.165) is 51.4 Å². The van der Waals surface area contributed by atoms with E-state index < -0.39 is 0 Å². The summed E-state index contributed by atoms with van der Waals surface area (Å²) in [6, 6.07) is 1.80. The summed E-state index contributed by atoms with van der Waals surface area (Å²) in [4.78, 5) is 26.0. The molecule has 0 saturated carbocycles. The number of anilines is 1. The Hall–Kier alpha value is -1.95. The van der Waals surface area contributed by atoms with Gasteiger partial charge in [-0.15, -0.1) is 0 Å². The number of hydrogen-bond acceptors (Lipinski definition) is 5. The van der Waals surface area contributed by atoms with Crippen molar-refractivity contribution in [2.24, 2.45) is 0 Å². The van der Waals surface area contributed by atoms with E-state index in [1.165, 1.54) is 31.3 Å². The van der Waals surface area contributed by atoms with E-state index in [0.29, 0.717) is 11.6 Å². The standard InChI is InChI=1S/C20H31N5O/c1-3-24-11-13-25(14-12-24)19(26)18-15-16(2)22-20(23-18)21-10-9-17-7-5-4-6-8-17/h7,15H,3-6,8-14H2,1-2H3,(H,21,22,23). The first-order valence-electron chi connectivity index (χ1n) is 9.95. The van der Waals surface area contributed by atoms with Gasteiger partial charge >= 0.3 is 0 Å². The Labute approximate surface area is 156 Å². The predicted molar refractivity (Wildman–Crippen MR) is 104 cm³/mol. The summed E-state index contributed by atoms with van der Waals surface area (Å²) in [5, 5.41) is 3.31. The molecule has 6 nitrogen and oxygen atoms in total. The Bertz CT molecular complexity index is 650. The SMILES string of the molecule is CCN1CCN(C(=O)c2cc(C)nc(NCCC3=CCCCC3)n2)CC1. The van der Waals surface area contributed by atoms with E-state index in [9.17, 15) is 4.79 Å². The van der Waals surface area contributed by atoms with Gasteiger partial charge < -0.3 is 15.1 Å². The number of carbonyl (C=O) groups excluding carboxylic acids is 1. The quantitative estimate of drug-likeness (QED) is 0.793.